The molecule has 0 bridgehead atoms. The lowest BCUT2D eigenvalue weighted by atomic mass is 10.2. The normalized spacial score (nSPS) is 10.3. The third-order valence-electron chi connectivity index (χ3n) is 3.86. The Kier molecular flexibility index (Phi) is 7.83. The van der Waals surface area contributed by atoms with Crippen molar-refractivity contribution in [2.24, 2.45) is 0 Å². The van der Waals surface area contributed by atoms with Crippen LogP contribution in [0.2, 0.25) is 0 Å². The Hall–Kier alpha value is -2.49. The van der Waals surface area contributed by atoms with E-state index in [0.717, 1.165) is 12.2 Å². The molecule has 0 aliphatic rings. The van der Waals surface area contributed by atoms with Gasteiger partial charge in [-0.1, -0.05) is 38.7 Å². The van der Waals surface area contributed by atoms with Crippen molar-refractivity contribution in [3.63, 3.8) is 0 Å². The van der Waals surface area contributed by atoms with Gasteiger partial charge in [0.15, 0.2) is 0 Å². The van der Waals surface area contributed by atoms with Crippen molar-refractivity contribution >= 4 is 5.97 Å². The maximum absolute atomic E-state index is 12.2. The SMILES string of the molecule is CCCCCCCOc1ccc(C(=O)Oc2cccc(OC)c2)cc1. The highest BCUT2D eigenvalue weighted by molar-refractivity contribution is 5.91. The highest BCUT2D eigenvalue weighted by Crippen LogP contribution is 2.20. The molecule has 0 spiro atoms. The first-order valence-electron chi connectivity index (χ1n) is 8.82. The molecule has 4 heteroatoms. The molecule has 25 heavy (non-hydrogen) atoms. The third-order valence-corrected chi connectivity index (χ3v) is 3.86. The lowest BCUT2D eigenvalue weighted by molar-refractivity contribution is 0.0734. The fourth-order valence-electron chi connectivity index (χ4n) is 2.41. The first kappa shape index (κ1) is 18.8. The van der Waals surface area contributed by atoms with E-state index in [1.165, 1.54) is 25.7 Å². The second-order valence-electron chi connectivity index (χ2n) is 5.86. The molecule has 134 valence electrons. The van der Waals surface area contributed by atoms with Crippen LogP contribution in [0.15, 0.2) is 48.5 Å². The molecule has 0 aliphatic heterocycles. The van der Waals surface area contributed by atoms with E-state index in [1.54, 1.807) is 55.6 Å². The number of carbonyl (C=O) groups excluding carboxylic acids is 1. The minimum absolute atomic E-state index is 0.403. The van der Waals surface area contributed by atoms with Crippen molar-refractivity contribution in [1.29, 1.82) is 0 Å². The lowest BCUT2D eigenvalue weighted by Gasteiger charge is -2.08. The molecule has 0 radical (unpaired) electrons. The van der Waals surface area contributed by atoms with E-state index < -0.39 is 5.97 Å². The molecule has 0 aromatic heterocycles. The van der Waals surface area contributed by atoms with Crippen LogP contribution in [0.3, 0.4) is 0 Å². The molecule has 0 saturated heterocycles. The van der Waals surface area contributed by atoms with Gasteiger partial charge in [0.2, 0.25) is 0 Å². The van der Waals surface area contributed by atoms with Crippen LogP contribution in [0.4, 0.5) is 0 Å². The van der Waals surface area contributed by atoms with Crippen LogP contribution in [0.25, 0.3) is 0 Å². The molecule has 0 saturated carbocycles. The van der Waals surface area contributed by atoms with Gasteiger partial charge in [0.05, 0.1) is 19.3 Å². The Bertz CT molecular complexity index is 649. The number of ether oxygens (including phenoxy) is 3. The standard InChI is InChI=1S/C21H26O4/c1-3-4-5-6-7-15-24-18-13-11-17(12-14-18)21(22)25-20-10-8-9-19(16-20)23-2/h8-14,16H,3-7,15H2,1-2H3. The van der Waals surface area contributed by atoms with Crippen LogP contribution in [0.5, 0.6) is 17.2 Å². The van der Waals surface area contributed by atoms with E-state index in [0.29, 0.717) is 23.7 Å². The van der Waals surface area contributed by atoms with Crippen molar-refractivity contribution in [3.8, 4) is 17.2 Å². The van der Waals surface area contributed by atoms with Gasteiger partial charge >= 0.3 is 5.97 Å². The highest BCUT2D eigenvalue weighted by atomic mass is 16.5. The minimum atomic E-state index is -0.403. The molecular formula is C21H26O4. The Morgan fingerprint density at radius 1 is 0.880 bits per heavy atom. The third kappa shape index (κ3) is 6.49. The van der Waals surface area contributed by atoms with Crippen molar-refractivity contribution in [2.45, 2.75) is 39.0 Å². The van der Waals surface area contributed by atoms with Crippen LogP contribution in [0, 0.1) is 0 Å². The van der Waals surface area contributed by atoms with Crippen LogP contribution in [0.1, 0.15) is 49.4 Å². The Morgan fingerprint density at radius 2 is 1.60 bits per heavy atom. The van der Waals surface area contributed by atoms with E-state index in [1.807, 2.05) is 0 Å². The Morgan fingerprint density at radius 3 is 2.32 bits per heavy atom. The first-order chi connectivity index (χ1) is 12.2. The van der Waals surface area contributed by atoms with Gasteiger partial charge in [-0.25, -0.2) is 4.79 Å². The van der Waals surface area contributed by atoms with E-state index in [9.17, 15) is 4.79 Å². The fourth-order valence-corrected chi connectivity index (χ4v) is 2.41. The average molecular weight is 342 g/mol. The van der Waals surface area contributed by atoms with Gasteiger partial charge in [-0.05, 0) is 42.8 Å². The largest absolute Gasteiger partial charge is 0.497 e. The van der Waals surface area contributed by atoms with Gasteiger partial charge in [-0.2, -0.15) is 0 Å². The molecule has 2 rings (SSSR count). The zero-order chi connectivity index (χ0) is 17.9. The molecule has 4 nitrogen and oxygen atoms in total. The van der Waals surface area contributed by atoms with Crippen LogP contribution < -0.4 is 14.2 Å². The zero-order valence-electron chi connectivity index (χ0n) is 15.0. The summed E-state index contributed by atoms with van der Waals surface area (Å²) in [6.07, 6.45) is 6.03. The van der Waals surface area contributed by atoms with Gasteiger partial charge < -0.3 is 14.2 Å². The van der Waals surface area contributed by atoms with Gasteiger partial charge in [-0.15, -0.1) is 0 Å². The van der Waals surface area contributed by atoms with Gasteiger partial charge in [0, 0.05) is 6.07 Å². The lowest BCUT2D eigenvalue weighted by Crippen LogP contribution is -2.08. The highest BCUT2D eigenvalue weighted by Gasteiger charge is 2.09. The summed E-state index contributed by atoms with van der Waals surface area (Å²) in [5, 5.41) is 0. The van der Waals surface area contributed by atoms with E-state index >= 15 is 0 Å². The first-order valence-corrected chi connectivity index (χ1v) is 8.82. The van der Waals surface area contributed by atoms with Crippen molar-refractivity contribution in [1.82, 2.24) is 0 Å². The molecule has 0 N–H and O–H groups in total. The number of carbonyl (C=O) groups is 1. The second-order valence-corrected chi connectivity index (χ2v) is 5.86. The predicted octanol–water partition coefficient (Wildman–Crippen LogP) is 5.26. The number of methoxy groups -OCH3 is 1. The number of rotatable bonds is 10. The summed E-state index contributed by atoms with van der Waals surface area (Å²) in [6.45, 7) is 2.91. The topological polar surface area (TPSA) is 44.8 Å². The van der Waals surface area contributed by atoms with Crippen LogP contribution >= 0.6 is 0 Å². The van der Waals surface area contributed by atoms with Crippen LogP contribution in [-0.4, -0.2) is 19.7 Å². The molecule has 2 aromatic carbocycles. The molecule has 0 atom stereocenters. The maximum atomic E-state index is 12.2. The van der Waals surface area contributed by atoms with E-state index in [4.69, 9.17) is 14.2 Å². The Balaban J connectivity index is 1.81. The monoisotopic (exact) mass is 342 g/mol. The van der Waals surface area contributed by atoms with Crippen LogP contribution in [-0.2, 0) is 0 Å². The van der Waals surface area contributed by atoms with E-state index in [2.05, 4.69) is 6.92 Å². The summed E-state index contributed by atoms with van der Waals surface area (Å²) >= 11 is 0. The fraction of sp³-hybridized carbons (Fsp3) is 0.381. The summed E-state index contributed by atoms with van der Waals surface area (Å²) in [5.41, 5.74) is 0.484. The van der Waals surface area contributed by atoms with Crippen molar-refractivity contribution in [3.05, 3.63) is 54.1 Å². The molecule has 0 aliphatic carbocycles. The number of hydrogen-bond donors (Lipinski definition) is 0. The summed E-state index contributed by atoms with van der Waals surface area (Å²) < 4.78 is 16.2. The Labute approximate surface area is 149 Å². The second kappa shape index (κ2) is 10.4. The summed E-state index contributed by atoms with van der Waals surface area (Å²) in [4.78, 5) is 12.2. The summed E-state index contributed by atoms with van der Waals surface area (Å²) in [6, 6.07) is 14.0. The number of benzene rings is 2. The molecule has 0 fully saturated rings. The minimum Gasteiger partial charge on any atom is -0.497 e. The number of hydrogen-bond acceptors (Lipinski definition) is 4. The summed E-state index contributed by atoms with van der Waals surface area (Å²) in [7, 11) is 1.57. The molecule has 2 aromatic rings. The quantitative estimate of drug-likeness (QED) is 0.335. The summed E-state index contributed by atoms with van der Waals surface area (Å²) in [5.74, 6) is 1.47. The van der Waals surface area contributed by atoms with Crippen molar-refractivity contribution in [2.75, 3.05) is 13.7 Å². The molecular weight excluding hydrogens is 316 g/mol. The number of esters is 1. The molecule has 0 unspecified atom stereocenters. The molecule has 0 heterocycles. The van der Waals surface area contributed by atoms with Gasteiger partial charge in [0.25, 0.3) is 0 Å². The van der Waals surface area contributed by atoms with Gasteiger partial charge in [-0.3, -0.25) is 0 Å². The molecule has 0 amide bonds. The number of unbranched alkanes of at least 4 members (excludes halogenated alkanes) is 4. The van der Waals surface area contributed by atoms with Gasteiger partial charge in [0.1, 0.15) is 17.2 Å². The smallest absolute Gasteiger partial charge is 0.343 e. The predicted molar refractivity (Wildman–Crippen MR) is 98.6 cm³/mol. The van der Waals surface area contributed by atoms with E-state index in [-0.39, 0.29) is 0 Å². The maximum Gasteiger partial charge on any atom is 0.343 e. The van der Waals surface area contributed by atoms with Crippen molar-refractivity contribution < 1.29 is 19.0 Å². The average Bonchev–Trinajstić information content (AvgIpc) is 2.65. The zero-order valence-corrected chi connectivity index (χ0v) is 15.0.